The van der Waals surface area contributed by atoms with Gasteiger partial charge in [-0.1, -0.05) is 74.5 Å². The smallest absolute Gasteiger partial charge is 0.247 e. The highest BCUT2D eigenvalue weighted by Gasteiger charge is 2.29. The van der Waals surface area contributed by atoms with Crippen LogP contribution < -0.4 is 21.3 Å². The van der Waals surface area contributed by atoms with Gasteiger partial charge in [0.2, 0.25) is 29.5 Å². The predicted molar refractivity (Wildman–Crippen MR) is 181 cm³/mol. The first-order chi connectivity index (χ1) is 23.0. The van der Waals surface area contributed by atoms with E-state index in [2.05, 4.69) is 31.3 Å². The Kier molecular flexibility index (Phi) is 12.6. The largest absolute Gasteiger partial charge is 0.354 e. The molecule has 0 spiro atoms. The van der Waals surface area contributed by atoms with Crippen LogP contribution in [0.5, 0.6) is 0 Å². The van der Waals surface area contributed by atoms with Gasteiger partial charge in [0.25, 0.3) is 0 Å². The molecule has 1 aromatic heterocycles. The molecule has 4 rings (SSSR count). The Morgan fingerprint density at radius 2 is 1.56 bits per heavy atom. The standard InChI is InChI=1S/C35H44N8O5/c1-23(2)20-28-35(48)38-24(3)33-40-32(27-14-9-6-10-15-27)41-43(33)22-29(44)36-18-11-19-42(21-30(45)37-25(4)34(47)39-28)31(46)17-16-26-12-7-5-8-13-26/h5-10,12-17,23-25,28H,11,18-22H2,1-4H3,(H,36,44)(H,37,45)(H,38,48)(H,39,47)/b17-16+/t24-,25+,28+/m0/s1. The van der Waals surface area contributed by atoms with Gasteiger partial charge in [-0.2, -0.15) is 5.10 Å². The fourth-order valence-electron chi connectivity index (χ4n) is 5.20. The molecule has 4 N–H and O–H groups in total. The Morgan fingerprint density at radius 3 is 2.25 bits per heavy atom. The van der Waals surface area contributed by atoms with Crippen molar-refractivity contribution in [3.05, 3.63) is 78.1 Å². The summed E-state index contributed by atoms with van der Waals surface area (Å²) in [6.45, 7) is 7.06. The average molecular weight is 657 g/mol. The van der Waals surface area contributed by atoms with Crippen LogP contribution in [0.15, 0.2) is 66.7 Å². The number of hydrogen-bond acceptors (Lipinski definition) is 7. The molecule has 48 heavy (non-hydrogen) atoms. The van der Waals surface area contributed by atoms with Crippen molar-refractivity contribution in [2.75, 3.05) is 19.6 Å². The van der Waals surface area contributed by atoms with Crippen LogP contribution in [-0.2, 0) is 30.5 Å². The molecule has 0 aliphatic carbocycles. The first-order valence-corrected chi connectivity index (χ1v) is 16.2. The highest BCUT2D eigenvalue weighted by Crippen LogP contribution is 2.19. The minimum absolute atomic E-state index is 0.0587. The Balaban J connectivity index is 1.60. The van der Waals surface area contributed by atoms with Crippen molar-refractivity contribution in [2.24, 2.45) is 5.92 Å². The molecule has 0 radical (unpaired) electrons. The van der Waals surface area contributed by atoms with Crippen LogP contribution in [0.1, 0.15) is 58.0 Å². The van der Waals surface area contributed by atoms with E-state index in [4.69, 9.17) is 0 Å². The molecule has 13 nitrogen and oxygen atoms in total. The Labute approximate surface area is 280 Å². The molecular formula is C35H44N8O5. The van der Waals surface area contributed by atoms with E-state index in [-0.39, 0.29) is 38.0 Å². The van der Waals surface area contributed by atoms with Crippen LogP contribution in [0.25, 0.3) is 17.5 Å². The normalized spacial score (nSPS) is 20.5. The Bertz CT molecular complexity index is 1610. The number of aromatic nitrogens is 3. The molecule has 3 aromatic rings. The van der Waals surface area contributed by atoms with Gasteiger partial charge >= 0.3 is 0 Å². The minimum atomic E-state index is -0.980. The van der Waals surface area contributed by atoms with Crippen LogP contribution in [0.2, 0.25) is 0 Å². The fourth-order valence-corrected chi connectivity index (χ4v) is 5.20. The van der Waals surface area contributed by atoms with Gasteiger partial charge < -0.3 is 26.2 Å². The number of nitrogens with one attached hydrogen (secondary N) is 4. The van der Waals surface area contributed by atoms with Crippen LogP contribution in [0, 0.1) is 5.92 Å². The van der Waals surface area contributed by atoms with Gasteiger partial charge in [-0.25, -0.2) is 9.67 Å². The lowest BCUT2D eigenvalue weighted by Gasteiger charge is -2.25. The summed E-state index contributed by atoms with van der Waals surface area (Å²) in [5, 5.41) is 15.8. The zero-order chi connectivity index (χ0) is 34.6. The molecule has 3 atom stereocenters. The molecule has 1 aliphatic rings. The van der Waals surface area contributed by atoms with Crippen molar-refractivity contribution in [2.45, 2.75) is 65.2 Å². The summed E-state index contributed by atoms with van der Waals surface area (Å²) in [7, 11) is 0. The highest BCUT2D eigenvalue weighted by molar-refractivity contribution is 5.96. The van der Waals surface area contributed by atoms with Crippen molar-refractivity contribution in [3.63, 3.8) is 0 Å². The van der Waals surface area contributed by atoms with E-state index in [0.717, 1.165) is 11.1 Å². The number of nitrogens with zero attached hydrogens (tertiary/aromatic N) is 4. The lowest BCUT2D eigenvalue weighted by atomic mass is 10.0. The maximum Gasteiger partial charge on any atom is 0.247 e. The van der Waals surface area contributed by atoms with Crippen molar-refractivity contribution >= 4 is 35.6 Å². The predicted octanol–water partition coefficient (Wildman–Crippen LogP) is 2.22. The molecule has 0 saturated heterocycles. The van der Waals surface area contributed by atoms with Crippen LogP contribution in [0.4, 0.5) is 0 Å². The maximum atomic E-state index is 13.5. The summed E-state index contributed by atoms with van der Waals surface area (Å²) >= 11 is 0. The molecule has 0 unspecified atom stereocenters. The first-order valence-electron chi connectivity index (χ1n) is 16.2. The Hall–Kier alpha value is -5.33. The lowest BCUT2D eigenvalue weighted by molar-refractivity contribution is -0.135. The van der Waals surface area contributed by atoms with Crippen molar-refractivity contribution in [1.82, 2.24) is 40.9 Å². The number of amides is 5. The van der Waals surface area contributed by atoms with Gasteiger partial charge in [0.1, 0.15) is 24.5 Å². The molecule has 13 heteroatoms. The second-order valence-corrected chi connectivity index (χ2v) is 12.2. The molecule has 254 valence electrons. The third kappa shape index (κ3) is 10.3. The van der Waals surface area contributed by atoms with Gasteiger partial charge in [0, 0.05) is 24.7 Å². The second kappa shape index (κ2) is 17.0. The summed E-state index contributed by atoms with van der Waals surface area (Å²) < 4.78 is 1.46. The third-order valence-corrected chi connectivity index (χ3v) is 7.67. The molecule has 5 amide bonds. The number of hydrogen-bond donors (Lipinski definition) is 4. The summed E-state index contributed by atoms with van der Waals surface area (Å²) in [5.74, 6) is -1.43. The number of rotatable bonds is 5. The Morgan fingerprint density at radius 1 is 0.875 bits per heavy atom. The van der Waals surface area contributed by atoms with Crippen LogP contribution in [0.3, 0.4) is 0 Å². The maximum absolute atomic E-state index is 13.5. The topological polar surface area (TPSA) is 167 Å². The lowest BCUT2D eigenvalue weighted by Crippen LogP contribution is -2.54. The average Bonchev–Trinajstić information content (AvgIpc) is 3.48. The van der Waals surface area contributed by atoms with E-state index in [1.54, 1.807) is 13.0 Å². The molecule has 0 fully saturated rings. The van der Waals surface area contributed by atoms with Gasteiger partial charge in [-0.05, 0) is 44.2 Å². The van der Waals surface area contributed by atoms with E-state index in [0.29, 0.717) is 24.5 Å². The minimum Gasteiger partial charge on any atom is -0.354 e. The number of carbonyl (C=O) groups is 5. The van der Waals surface area contributed by atoms with Crippen LogP contribution in [-0.4, -0.2) is 80.9 Å². The highest BCUT2D eigenvalue weighted by atomic mass is 16.2. The van der Waals surface area contributed by atoms with Gasteiger partial charge in [-0.15, -0.1) is 0 Å². The zero-order valence-electron chi connectivity index (χ0n) is 27.8. The molecule has 1 aliphatic heterocycles. The quantitative estimate of drug-likeness (QED) is 0.306. The molecule has 2 heterocycles. The molecule has 0 bridgehead atoms. The molecule has 2 aromatic carbocycles. The fraction of sp³-hybridized carbons (Fsp3) is 0.400. The van der Waals surface area contributed by atoms with Gasteiger partial charge in [-0.3, -0.25) is 24.0 Å². The van der Waals surface area contributed by atoms with E-state index in [9.17, 15) is 24.0 Å². The van der Waals surface area contributed by atoms with E-state index in [1.807, 2.05) is 74.5 Å². The van der Waals surface area contributed by atoms with Gasteiger partial charge in [0.05, 0.1) is 12.6 Å². The zero-order valence-corrected chi connectivity index (χ0v) is 27.8. The third-order valence-electron chi connectivity index (χ3n) is 7.67. The van der Waals surface area contributed by atoms with Gasteiger partial charge in [0.15, 0.2) is 5.82 Å². The summed E-state index contributed by atoms with van der Waals surface area (Å²) in [5.41, 5.74) is 1.57. The summed E-state index contributed by atoms with van der Waals surface area (Å²) in [4.78, 5) is 72.1. The van der Waals surface area contributed by atoms with Crippen molar-refractivity contribution < 1.29 is 24.0 Å². The molecular weight excluding hydrogens is 612 g/mol. The molecule has 0 saturated carbocycles. The summed E-state index contributed by atoms with van der Waals surface area (Å²) in [6, 6.07) is 16.0. The second-order valence-electron chi connectivity index (χ2n) is 12.2. The van der Waals surface area contributed by atoms with Crippen LogP contribution >= 0.6 is 0 Å². The van der Waals surface area contributed by atoms with Crippen molar-refractivity contribution in [3.8, 4) is 11.4 Å². The van der Waals surface area contributed by atoms with Crippen molar-refractivity contribution in [1.29, 1.82) is 0 Å². The number of carbonyl (C=O) groups excluding carboxylic acids is 5. The SMILES string of the molecule is CC(C)C[C@H]1NC(=O)[C@@H](C)NC(=O)CN(C(=O)/C=C/c2ccccc2)CCCNC(=O)Cn2nc(-c3ccccc3)nc2[C@H](C)NC1=O. The first kappa shape index (κ1) is 35.5. The number of fused-ring (bicyclic) bond motifs is 1. The monoisotopic (exact) mass is 656 g/mol. The summed E-state index contributed by atoms with van der Waals surface area (Å²) in [6.07, 6.45) is 3.75. The number of benzene rings is 2. The van der Waals surface area contributed by atoms with E-state index < -0.39 is 41.8 Å². The van der Waals surface area contributed by atoms with E-state index in [1.165, 1.54) is 22.6 Å². The van der Waals surface area contributed by atoms with E-state index >= 15 is 0 Å².